The highest BCUT2D eigenvalue weighted by Crippen LogP contribution is 2.30. The number of rotatable bonds is 4. The molecule has 0 bridgehead atoms. The Balaban J connectivity index is 1.90. The van der Waals surface area contributed by atoms with Gasteiger partial charge in [-0.25, -0.2) is 4.79 Å². The van der Waals surface area contributed by atoms with E-state index in [2.05, 4.69) is 5.32 Å². The summed E-state index contributed by atoms with van der Waals surface area (Å²) < 4.78 is 37.3. The maximum absolute atomic E-state index is 12.4. The van der Waals surface area contributed by atoms with Gasteiger partial charge in [0.2, 0.25) is 0 Å². The van der Waals surface area contributed by atoms with E-state index >= 15 is 0 Å². The highest BCUT2D eigenvalue weighted by Gasteiger charge is 2.41. The molecule has 0 heterocycles. The number of hydrogen-bond acceptors (Lipinski definition) is 2. The highest BCUT2D eigenvalue weighted by atomic mass is 19.4. The van der Waals surface area contributed by atoms with Crippen LogP contribution in [0.1, 0.15) is 19.3 Å². The van der Waals surface area contributed by atoms with Crippen LogP contribution >= 0.6 is 0 Å². The third-order valence-corrected chi connectivity index (χ3v) is 3.31. The van der Waals surface area contributed by atoms with Gasteiger partial charge in [-0.05, 0) is 19.3 Å². The minimum atomic E-state index is -4.44. The monoisotopic (exact) mass is 292 g/mol. The maximum atomic E-state index is 12.4. The highest BCUT2D eigenvalue weighted by molar-refractivity contribution is 5.77. The Morgan fingerprint density at radius 2 is 1.95 bits per heavy atom. The average Bonchev–Trinajstić information content (AvgIpc) is 3.04. The van der Waals surface area contributed by atoms with E-state index in [0.29, 0.717) is 12.8 Å². The average molecular weight is 292 g/mol. The molecular formula is C12H15F3N2O3. The third-order valence-electron chi connectivity index (χ3n) is 3.31. The van der Waals surface area contributed by atoms with E-state index in [0.717, 1.165) is 4.90 Å². The number of urea groups is 1. The molecule has 2 aliphatic rings. The first-order valence-corrected chi connectivity index (χ1v) is 6.31. The fourth-order valence-electron chi connectivity index (χ4n) is 2.18. The van der Waals surface area contributed by atoms with Crippen molar-refractivity contribution in [2.75, 3.05) is 6.54 Å². The molecule has 0 aromatic rings. The van der Waals surface area contributed by atoms with Crippen molar-refractivity contribution in [1.82, 2.24) is 10.2 Å². The number of carboxylic acid groups (broad SMARTS) is 1. The molecule has 2 unspecified atom stereocenters. The molecule has 2 N–H and O–H groups in total. The lowest BCUT2D eigenvalue weighted by Crippen LogP contribution is -2.48. The second-order valence-electron chi connectivity index (χ2n) is 5.10. The van der Waals surface area contributed by atoms with Gasteiger partial charge in [-0.3, -0.25) is 4.79 Å². The quantitative estimate of drug-likeness (QED) is 0.776. The second kappa shape index (κ2) is 5.34. The minimum Gasteiger partial charge on any atom is -0.481 e. The van der Waals surface area contributed by atoms with Gasteiger partial charge in [0, 0.05) is 6.04 Å². The summed E-state index contributed by atoms with van der Waals surface area (Å²) in [6.07, 6.45) is -0.169. The lowest BCUT2D eigenvalue weighted by Gasteiger charge is -2.25. The predicted molar refractivity (Wildman–Crippen MR) is 63.0 cm³/mol. The number of aliphatic carboxylic acids is 1. The zero-order valence-corrected chi connectivity index (χ0v) is 10.6. The minimum absolute atomic E-state index is 0.172. The Bertz CT molecular complexity index is 432. The zero-order valence-electron chi connectivity index (χ0n) is 10.6. The fourth-order valence-corrected chi connectivity index (χ4v) is 2.18. The van der Waals surface area contributed by atoms with Crippen LogP contribution < -0.4 is 5.32 Å². The fraction of sp³-hybridized carbons (Fsp3) is 0.667. The first kappa shape index (κ1) is 14.7. The van der Waals surface area contributed by atoms with E-state index in [9.17, 15) is 22.8 Å². The standard InChI is InChI=1S/C12H15F3N2O3/c13-12(14,15)6-17(9-3-4-9)11(20)16-8-2-1-7(5-8)10(18)19/h1-2,7-9H,3-6H2,(H,16,20)(H,18,19). The molecule has 2 atom stereocenters. The molecule has 0 aromatic carbocycles. The molecule has 0 radical (unpaired) electrons. The normalized spacial score (nSPS) is 25.6. The Hall–Kier alpha value is -1.73. The smallest absolute Gasteiger partial charge is 0.406 e. The van der Waals surface area contributed by atoms with Crippen molar-refractivity contribution in [2.24, 2.45) is 5.92 Å². The molecular weight excluding hydrogens is 277 g/mol. The molecule has 0 saturated heterocycles. The Kier molecular flexibility index (Phi) is 3.92. The molecule has 0 aromatic heterocycles. The van der Waals surface area contributed by atoms with Gasteiger partial charge in [-0.1, -0.05) is 12.2 Å². The van der Waals surface area contributed by atoms with Gasteiger partial charge in [-0.2, -0.15) is 13.2 Å². The lowest BCUT2D eigenvalue weighted by molar-refractivity contribution is -0.141. The van der Waals surface area contributed by atoms with Crippen LogP contribution in [0.5, 0.6) is 0 Å². The van der Waals surface area contributed by atoms with Gasteiger partial charge in [0.25, 0.3) is 0 Å². The van der Waals surface area contributed by atoms with Gasteiger partial charge >= 0.3 is 18.2 Å². The summed E-state index contributed by atoms with van der Waals surface area (Å²) in [6.45, 7) is -1.28. The zero-order chi connectivity index (χ0) is 14.9. The molecule has 0 spiro atoms. The summed E-state index contributed by atoms with van der Waals surface area (Å²) in [5.41, 5.74) is 0. The largest absolute Gasteiger partial charge is 0.481 e. The molecule has 2 rings (SSSR count). The number of carboxylic acids is 1. The molecule has 5 nitrogen and oxygen atoms in total. The number of alkyl halides is 3. The second-order valence-corrected chi connectivity index (χ2v) is 5.10. The van der Waals surface area contributed by atoms with Crippen molar-refractivity contribution < 1.29 is 27.9 Å². The van der Waals surface area contributed by atoms with E-state index in [-0.39, 0.29) is 12.5 Å². The number of nitrogens with zero attached hydrogens (tertiary/aromatic N) is 1. The van der Waals surface area contributed by atoms with Crippen LogP contribution in [0.25, 0.3) is 0 Å². The summed E-state index contributed by atoms with van der Waals surface area (Å²) in [5.74, 6) is -1.70. The third kappa shape index (κ3) is 3.88. The van der Waals surface area contributed by atoms with Crippen molar-refractivity contribution in [3.05, 3.63) is 12.2 Å². The SMILES string of the molecule is O=C(O)C1C=CC(NC(=O)N(CC(F)(F)F)C2CC2)C1. The molecule has 0 aliphatic heterocycles. The summed E-state index contributed by atoms with van der Waals surface area (Å²) in [7, 11) is 0. The van der Waals surface area contributed by atoms with Crippen LogP contribution in [0.2, 0.25) is 0 Å². The maximum Gasteiger partial charge on any atom is 0.406 e. The number of carbonyl (C=O) groups is 2. The van der Waals surface area contributed by atoms with Crippen molar-refractivity contribution in [3.63, 3.8) is 0 Å². The number of carbonyl (C=O) groups excluding carboxylic acids is 1. The summed E-state index contributed by atoms with van der Waals surface area (Å²) in [5, 5.41) is 11.2. The van der Waals surface area contributed by atoms with Crippen molar-refractivity contribution in [2.45, 2.75) is 37.5 Å². The molecule has 20 heavy (non-hydrogen) atoms. The number of amides is 2. The Labute approximate surface area is 113 Å². The number of nitrogens with one attached hydrogen (secondary N) is 1. The van der Waals surface area contributed by atoms with E-state index in [1.807, 2.05) is 0 Å². The van der Waals surface area contributed by atoms with Gasteiger partial charge in [0.1, 0.15) is 6.54 Å². The topological polar surface area (TPSA) is 69.6 Å². The van der Waals surface area contributed by atoms with Crippen LogP contribution in [0.15, 0.2) is 12.2 Å². The molecule has 1 saturated carbocycles. The predicted octanol–water partition coefficient (Wildman–Crippen LogP) is 1.75. The summed E-state index contributed by atoms with van der Waals surface area (Å²) in [6, 6.07) is -1.68. The molecule has 112 valence electrons. The van der Waals surface area contributed by atoms with Crippen LogP contribution in [0.4, 0.5) is 18.0 Å². The lowest BCUT2D eigenvalue weighted by atomic mass is 10.1. The number of halogens is 3. The molecule has 8 heteroatoms. The first-order chi connectivity index (χ1) is 9.26. The van der Waals surface area contributed by atoms with Gasteiger partial charge in [0.15, 0.2) is 0 Å². The van der Waals surface area contributed by atoms with Crippen LogP contribution in [-0.4, -0.2) is 46.8 Å². The summed E-state index contributed by atoms with van der Waals surface area (Å²) >= 11 is 0. The molecule has 1 fully saturated rings. The first-order valence-electron chi connectivity index (χ1n) is 6.31. The van der Waals surface area contributed by atoms with Crippen molar-refractivity contribution in [1.29, 1.82) is 0 Å². The van der Waals surface area contributed by atoms with E-state index in [1.165, 1.54) is 12.2 Å². The van der Waals surface area contributed by atoms with Gasteiger partial charge in [-0.15, -0.1) is 0 Å². The van der Waals surface area contributed by atoms with E-state index < -0.39 is 36.7 Å². The van der Waals surface area contributed by atoms with Crippen molar-refractivity contribution >= 4 is 12.0 Å². The van der Waals surface area contributed by atoms with Crippen molar-refractivity contribution in [3.8, 4) is 0 Å². The van der Waals surface area contributed by atoms with Crippen LogP contribution in [0, 0.1) is 5.92 Å². The summed E-state index contributed by atoms with van der Waals surface area (Å²) in [4.78, 5) is 23.4. The number of hydrogen-bond donors (Lipinski definition) is 2. The van der Waals surface area contributed by atoms with E-state index in [1.54, 1.807) is 0 Å². The van der Waals surface area contributed by atoms with E-state index in [4.69, 9.17) is 5.11 Å². The van der Waals surface area contributed by atoms with Gasteiger partial charge < -0.3 is 15.3 Å². The molecule has 2 amide bonds. The van der Waals surface area contributed by atoms with Crippen LogP contribution in [-0.2, 0) is 4.79 Å². The Morgan fingerprint density at radius 3 is 2.40 bits per heavy atom. The Morgan fingerprint density at radius 1 is 1.30 bits per heavy atom. The van der Waals surface area contributed by atoms with Crippen LogP contribution in [0.3, 0.4) is 0 Å². The molecule has 2 aliphatic carbocycles. The van der Waals surface area contributed by atoms with Gasteiger partial charge in [0.05, 0.1) is 12.0 Å².